The van der Waals surface area contributed by atoms with Gasteiger partial charge in [0.25, 0.3) is 0 Å². The van der Waals surface area contributed by atoms with Crippen molar-refractivity contribution in [3.63, 3.8) is 0 Å². The zero-order valence-electron chi connectivity index (χ0n) is 10.5. The molecular formula is C14H11BrF2N2S. The molecule has 0 aromatic heterocycles. The minimum Gasteiger partial charge on any atom is -0.389 e. The molecule has 0 aliphatic rings. The third kappa shape index (κ3) is 2.81. The molecule has 20 heavy (non-hydrogen) atoms. The number of hydrogen-bond donors (Lipinski definition) is 1. The molecule has 0 saturated heterocycles. The van der Waals surface area contributed by atoms with Crippen LogP contribution in [0.15, 0.2) is 40.9 Å². The largest absolute Gasteiger partial charge is 0.389 e. The second-order valence-corrected chi connectivity index (χ2v) is 5.39. The van der Waals surface area contributed by atoms with Gasteiger partial charge in [0, 0.05) is 18.3 Å². The van der Waals surface area contributed by atoms with E-state index in [0.717, 1.165) is 0 Å². The quantitative estimate of drug-likeness (QED) is 0.838. The van der Waals surface area contributed by atoms with Crippen molar-refractivity contribution in [1.82, 2.24) is 0 Å². The number of rotatable bonds is 3. The van der Waals surface area contributed by atoms with Crippen LogP contribution in [0.3, 0.4) is 0 Å². The van der Waals surface area contributed by atoms with Crippen molar-refractivity contribution in [2.75, 3.05) is 11.9 Å². The molecule has 2 nitrogen and oxygen atoms in total. The first-order valence-corrected chi connectivity index (χ1v) is 6.89. The van der Waals surface area contributed by atoms with Crippen molar-refractivity contribution in [3.05, 3.63) is 58.1 Å². The van der Waals surface area contributed by atoms with Crippen molar-refractivity contribution in [1.29, 1.82) is 0 Å². The van der Waals surface area contributed by atoms with Gasteiger partial charge >= 0.3 is 0 Å². The molecule has 0 fully saturated rings. The van der Waals surface area contributed by atoms with E-state index in [4.69, 9.17) is 18.0 Å². The summed E-state index contributed by atoms with van der Waals surface area (Å²) < 4.78 is 27.5. The van der Waals surface area contributed by atoms with E-state index in [1.54, 1.807) is 36.2 Å². The van der Waals surface area contributed by atoms with E-state index in [2.05, 4.69) is 15.9 Å². The lowest BCUT2D eigenvalue weighted by atomic mass is 10.1. The summed E-state index contributed by atoms with van der Waals surface area (Å²) in [6.07, 6.45) is 0. The zero-order valence-corrected chi connectivity index (χ0v) is 12.9. The Labute approximate surface area is 129 Å². The van der Waals surface area contributed by atoms with E-state index in [0.29, 0.717) is 16.9 Å². The van der Waals surface area contributed by atoms with Gasteiger partial charge in [-0.05, 0) is 52.3 Å². The Morgan fingerprint density at radius 1 is 1.15 bits per heavy atom. The van der Waals surface area contributed by atoms with Gasteiger partial charge < -0.3 is 10.6 Å². The summed E-state index contributed by atoms with van der Waals surface area (Å²) in [5.41, 5.74) is 6.96. The summed E-state index contributed by atoms with van der Waals surface area (Å²) in [4.78, 5) is 1.73. The molecule has 0 amide bonds. The Bertz CT molecular complexity index is 659. The highest BCUT2D eigenvalue weighted by Gasteiger charge is 2.16. The molecule has 104 valence electrons. The van der Waals surface area contributed by atoms with Crippen molar-refractivity contribution in [3.8, 4) is 0 Å². The van der Waals surface area contributed by atoms with Crippen LogP contribution in [0.5, 0.6) is 0 Å². The van der Waals surface area contributed by atoms with Crippen LogP contribution in [0.25, 0.3) is 0 Å². The average Bonchev–Trinajstić information content (AvgIpc) is 2.41. The third-order valence-corrected chi connectivity index (χ3v) is 3.90. The molecule has 6 heteroatoms. The van der Waals surface area contributed by atoms with Gasteiger partial charge in [-0.3, -0.25) is 0 Å². The topological polar surface area (TPSA) is 29.3 Å². The van der Waals surface area contributed by atoms with E-state index in [1.807, 2.05) is 0 Å². The van der Waals surface area contributed by atoms with Crippen molar-refractivity contribution >= 4 is 44.5 Å². The van der Waals surface area contributed by atoms with Gasteiger partial charge in [-0.15, -0.1) is 0 Å². The van der Waals surface area contributed by atoms with E-state index in [1.165, 1.54) is 12.1 Å². The summed E-state index contributed by atoms with van der Waals surface area (Å²) in [5, 5.41) is 0. The Morgan fingerprint density at radius 3 is 2.30 bits per heavy atom. The van der Waals surface area contributed by atoms with Crippen LogP contribution < -0.4 is 10.6 Å². The minimum absolute atomic E-state index is 0.117. The molecule has 0 saturated carbocycles. The lowest BCUT2D eigenvalue weighted by Crippen LogP contribution is -2.15. The van der Waals surface area contributed by atoms with Crippen LogP contribution in [0.1, 0.15) is 5.56 Å². The van der Waals surface area contributed by atoms with E-state index < -0.39 is 5.82 Å². The van der Waals surface area contributed by atoms with Crippen LogP contribution in [0.2, 0.25) is 0 Å². The summed E-state index contributed by atoms with van der Waals surface area (Å²) in [6, 6.07) is 9.02. The molecule has 0 unspecified atom stereocenters. The summed E-state index contributed by atoms with van der Waals surface area (Å²) in [7, 11) is 1.69. The first-order chi connectivity index (χ1) is 9.41. The van der Waals surface area contributed by atoms with Crippen LogP contribution in [-0.2, 0) is 0 Å². The van der Waals surface area contributed by atoms with Crippen molar-refractivity contribution in [2.45, 2.75) is 0 Å². The summed E-state index contributed by atoms with van der Waals surface area (Å²) in [5.74, 6) is -0.810. The standard InChI is InChI=1S/C14H11BrF2N2S/c1-19(9-4-2-8(16)3-5-9)11-7-6-10(14(18)20)12(15)13(11)17/h2-7H,1H3,(H2,18,20). The highest BCUT2D eigenvalue weighted by atomic mass is 79.9. The van der Waals surface area contributed by atoms with Crippen LogP contribution >= 0.6 is 28.1 Å². The Kier molecular flexibility index (Phi) is 4.35. The minimum atomic E-state index is -0.470. The first-order valence-electron chi connectivity index (χ1n) is 5.69. The van der Waals surface area contributed by atoms with Crippen LogP contribution in [0.4, 0.5) is 20.2 Å². The van der Waals surface area contributed by atoms with Crippen molar-refractivity contribution in [2.24, 2.45) is 5.73 Å². The number of benzene rings is 2. The van der Waals surface area contributed by atoms with Crippen LogP contribution in [0, 0.1) is 11.6 Å². The fourth-order valence-corrected chi connectivity index (χ4v) is 2.64. The lowest BCUT2D eigenvalue weighted by Gasteiger charge is -2.21. The Hall–Kier alpha value is -1.53. The van der Waals surface area contributed by atoms with Gasteiger partial charge in [-0.1, -0.05) is 12.2 Å². The number of hydrogen-bond acceptors (Lipinski definition) is 2. The van der Waals surface area contributed by atoms with E-state index >= 15 is 0 Å². The van der Waals surface area contributed by atoms with Gasteiger partial charge in [0.15, 0.2) is 5.82 Å². The lowest BCUT2D eigenvalue weighted by molar-refractivity contribution is 0.620. The predicted octanol–water partition coefficient (Wildman–Crippen LogP) is 4.13. The molecule has 2 rings (SSSR count). The summed E-state index contributed by atoms with van der Waals surface area (Å²) >= 11 is 8.01. The maximum Gasteiger partial charge on any atom is 0.161 e. The molecule has 2 aromatic carbocycles. The number of nitrogens with zero attached hydrogens (tertiary/aromatic N) is 1. The number of thiocarbonyl (C=S) groups is 1. The normalized spacial score (nSPS) is 10.4. The maximum absolute atomic E-state index is 14.4. The van der Waals surface area contributed by atoms with Gasteiger partial charge in [0.05, 0.1) is 10.2 Å². The molecule has 0 spiro atoms. The predicted molar refractivity (Wildman–Crippen MR) is 84.5 cm³/mol. The van der Waals surface area contributed by atoms with Gasteiger partial charge in [-0.25, -0.2) is 8.78 Å². The smallest absolute Gasteiger partial charge is 0.161 e. The van der Waals surface area contributed by atoms with Gasteiger partial charge in [0.1, 0.15) is 10.8 Å². The number of anilines is 2. The average molecular weight is 357 g/mol. The monoisotopic (exact) mass is 356 g/mol. The summed E-state index contributed by atoms with van der Waals surface area (Å²) in [6.45, 7) is 0. The molecule has 0 heterocycles. The van der Waals surface area contributed by atoms with E-state index in [9.17, 15) is 8.78 Å². The van der Waals surface area contributed by atoms with Crippen molar-refractivity contribution < 1.29 is 8.78 Å². The third-order valence-electron chi connectivity index (χ3n) is 2.90. The first kappa shape index (κ1) is 14.9. The van der Waals surface area contributed by atoms with E-state index in [-0.39, 0.29) is 15.3 Å². The molecule has 0 aliphatic heterocycles. The van der Waals surface area contributed by atoms with Gasteiger partial charge in [0.2, 0.25) is 0 Å². The molecule has 0 atom stereocenters. The molecular weight excluding hydrogens is 346 g/mol. The molecule has 0 radical (unpaired) electrons. The second-order valence-electron chi connectivity index (χ2n) is 4.16. The van der Waals surface area contributed by atoms with Crippen LogP contribution in [-0.4, -0.2) is 12.0 Å². The maximum atomic E-state index is 14.4. The second kappa shape index (κ2) is 5.85. The fourth-order valence-electron chi connectivity index (χ4n) is 1.79. The number of nitrogens with two attached hydrogens (primary N) is 1. The Balaban J connectivity index is 2.45. The number of halogens is 3. The molecule has 0 aliphatic carbocycles. The highest BCUT2D eigenvalue weighted by molar-refractivity contribution is 9.10. The SMILES string of the molecule is CN(c1ccc(F)cc1)c1ccc(C(N)=S)c(Br)c1F. The molecule has 2 aromatic rings. The van der Waals surface area contributed by atoms with Gasteiger partial charge in [-0.2, -0.15) is 0 Å². The molecule has 0 bridgehead atoms. The Morgan fingerprint density at radius 2 is 1.75 bits per heavy atom. The zero-order chi connectivity index (χ0) is 14.9. The molecule has 2 N–H and O–H groups in total. The fraction of sp³-hybridized carbons (Fsp3) is 0.0714. The highest BCUT2D eigenvalue weighted by Crippen LogP contribution is 2.32.